The largest absolute Gasteiger partial charge is 0.377 e. The van der Waals surface area contributed by atoms with Crippen LogP contribution in [0, 0.1) is 5.92 Å². The molecule has 0 unspecified atom stereocenters. The molecule has 0 amide bonds. The van der Waals surface area contributed by atoms with Crippen molar-refractivity contribution in [3.63, 3.8) is 0 Å². The zero-order valence-corrected chi connectivity index (χ0v) is 14.9. The average Bonchev–Trinajstić information content (AvgIpc) is 2.53. The van der Waals surface area contributed by atoms with Gasteiger partial charge < -0.3 is 14.5 Å². The highest BCUT2D eigenvalue weighted by Gasteiger charge is 2.20. The van der Waals surface area contributed by atoms with Crippen molar-refractivity contribution in [2.75, 3.05) is 45.9 Å². The first-order chi connectivity index (χ1) is 10.3. The number of nitrogens with zero attached hydrogens (tertiary/aromatic N) is 2. The zero-order valence-electron chi connectivity index (χ0n) is 14.9. The second-order valence-electron chi connectivity index (χ2n) is 6.44. The highest BCUT2D eigenvalue weighted by atomic mass is 16.5. The van der Waals surface area contributed by atoms with Crippen LogP contribution in [0.15, 0.2) is 0 Å². The van der Waals surface area contributed by atoms with Gasteiger partial charge in [0.15, 0.2) is 0 Å². The number of hydrogen-bond acceptors (Lipinski definition) is 3. The van der Waals surface area contributed by atoms with E-state index in [0.29, 0.717) is 6.10 Å². The standard InChI is InChI=1S/C16H32N2O.C2H6/c1-3-8-17-11-6-16(7-12-17)19-14-13-18-9-4-15(2)5-10-18;1-2/h15-16H,3-14H2,1-2H3;1-2H3. The molecule has 2 rings (SSSR count). The number of piperidine rings is 2. The Morgan fingerprint density at radius 2 is 1.38 bits per heavy atom. The third-order valence-electron chi connectivity index (χ3n) is 4.71. The molecule has 3 nitrogen and oxygen atoms in total. The molecule has 0 N–H and O–H groups in total. The lowest BCUT2D eigenvalue weighted by molar-refractivity contribution is -0.00435. The van der Waals surface area contributed by atoms with Crippen LogP contribution in [0.25, 0.3) is 0 Å². The molecule has 0 spiro atoms. The third kappa shape index (κ3) is 7.62. The van der Waals surface area contributed by atoms with Crippen LogP contribution in [0.2, 0.25) is 0 Å². The van der Waals surface area contributed by atoms with Crippen molar-refractivity contribution in [2.24, 2.45) is 5.92 Å². The number of rotatable bonds is 6. The van der Waals surface area contributed by atoms with Gasteiger partial charge in [0.2, 0.25) is 0 Å². The van der Waals surface area contributed by atoms with Crippen molar-refractivity contribution >= 4 is 0 Å². The molecule has 2 aliphatic rings. The highest BCUT2D eigenvalue weighted by molar-refractivity contribution is 4.73. The molecule has 2 fully saturated rings. The van der Waals surface area contributed by atoms with Gasteiger partial charge >= 0.3 is 0 Å². The summed E-state index contributed by atoms with van der Waals surface area (Å²) < 4.78 is 6.07. The Hall–Kier alpha value is -0.120. The van der Waals surface area contributed by atoms with Crippen molar-refractivity contribution in [3.8, 4) is 0 Å². The van der Waals surface area contributed by atoms with Crippen LogP contribution in [0.3, 0.4) is 0 Å². The van der Waals surface area contributed by atoms with Crippen molar-refractivity contribution < 1.29 is 4.74 Å². The van der Waals surface area contributed by atoms with E-state index in [9.17, 15) is 0 Å². The summed E-state index contributed by atoms with van der Waals surface area (Å²) in [5.41, 5.74) is 0. The van der Waals surface area contributed by atoms with Gasteiger partial charge in [0, 0.05) is 19.6 Å². The molecule has 0 atom stereocenters. The second kappa shape index (κ2) is 11.4. The lowest BCUT2D eigenvalue weighted by Gasteiger charge is -2.33. The van der Waals surface area contributed by atoms with Gasteiger partial charge in [-0.3, -0.25) is 0 Å². The summed E-state index contributed by atoms with van der Waals surface area (Å²) in [6, 6.07) is 0. The lowest BCUT2D eigenvalue weighted by Crippen LogP contribution is -2.39. The molecule has 0 saturated carbocycles. The molecule has 0 aliphatic carbocycles. The smallest absolute Gasteiger partial charge is 0.0600 e. The van der Waals surface area contributed by atoms with Gasteiger partial charge in [0.05, 0.1) is 12.7 Å². The monoisotopic (exact) mass is 298 g/mol. The molecular weight excluding hydrogens is 260 g/mol. The molecule has 0 aromatic carbocycles. The predicted molar refractivity (Wildman–Crippen MR) is 91.9 cm³/mol. The van der Waals surface area contributed by atoms with Crippen LogP contribution in [0.1, 0.15) is 59.8 Å². The number of hydrogen-bond donors (Lipinski definition) is 0. The maximum atomic E-state index is 6.07. The summed E-state index contributed by atoms with van der Waals surface area (Å²) in [5, 5.41) is 0. The highest BCUT2D eigenvalue weighted by Crippen LogP contribution is 2.17. The van der Waals surface area contributed by atoms with Crippen molar-refractivity contribution in [2.45, 2.75) is 65.9 Å². The van der Waals surface area contributed by atoms with Crippen LogP contribution in [-0.2, 0) is 4.74 Å². The Morgan fingerprint density at radius 1 is 0.857 bits per heavy atom. The first-order valence-electron chi connectivity index (χ1n) is 9.34. The molecule has 2 heterocycles. The van der Waals surface area contributed by atoms with E-state index in [0.717, 1.165) is 19.1 Å². The van der Waals surface area contributed by atoms with Gasteiger partial charge in [-0.05, 0) is 57.7 Å². The Bertz CT molecular complexity index is 231. The quantitative estimate of drug-likeness (QED) is 0.744. The van der Waals surface area contributed by atoms with E-state index in [1.807, 2.05) is 13.8 Å². The first-order valence-corrected chi connectivity index (χ1v) is 9.34. The predicted octanol–water partition coefficient (Wildman–Crippen LogP) is 3.64. The van der Waals surface area contributed by atoms with Crippen LogP contribution < -0.4 is 0 Å². The van der Waals surface area contributed by atoms with Gasteiger partial charge in [0.25, 0.3) is 0 Å². The van der Waals surface area contributed by atoms with Crippen molar-refractivity contribution in [1.82, 2.24) is 9.80 Å². The molecule has 0 aromatic heterocycles. The lowest BCUT2D eigenvalue weighted by atomic mass is 9.99. The molecule has 0 bridgehead atoms. The molecular formula is C18H38N2O. The zero-order chi connectivity index (χ0) is 15.5. The molecule has 0 radical (unpaired) electrons. The van der Waals surface area contributed by atoms with E-state index in [1.165, 1.54) is 64.8 Å². The second-order valence-corrected chi connectivity index (χ2v) is 6.44. The molecule has 2 aliphatic heterocycles. The van der Waals surface area contributed by atoms with Gasteiger partial charge in [0.1, 0.15) is 0 Å². The molecule has 126 valence electrons. The summed E-state index contributed by atoms with van der Waals surface area (Å²) in [7, 11) is 0. The maximum Gasteiger partial charge on any atom is 0.0600 e. The van der Waals surface area contributed by atoms with E-state index in [-0.39, 0.29) is 0 Å². The minimum absolute atomic E-state index is 0.525. The Balaban J connectivity index is 0.00000106. The summed E-state index contributed by atoms with van der Waals surface area (Å²) >= 11 is 0. The van der Waals surface area contributed by atoms with Gasteiger partial charge in [-0.2, -0.15) is 0 Å². The van der Waals surface area contributed by atoms with Crippen LogP contribution in [0.5, 0.6) is 0 Å². The summed E-state index contributed by atoms with van der Waals surface area (Å²) in [6.45, 7) is 17.0. The maximum absolute atomic E-state index is 6.07. The molecule has 3 heteroatoms. The average molecular weight is 299 g/mol. The van der Waals surface area contributed by atoms with E-state index in [2.05, 4.69) is 23.6 Å². The summed E-state index contributed by atoms with van der Waals surface area (Å²) in [6.07, 6.45) is 7.01. The fraction of sp³-hybridized carbons (Fsp3) is 1.00. The van der Waals surface area contributed by atoms with E-state index in [1.54, 1.807) is 0 Å². The Morgan fingerprint density at radius 3 is 1.95 bits per heavy atom. The molecule has 2 saturated heterocycles. The number of likely N-dealkylation sites (tertiary alicyclic amines) is 2. The topological polar surface area (TPSA) is 15.7 Å². The SMILES string of the molecule is CC.CCCN1CCC(OCCN2CCC(C)CC2)CC1. The summed E-state index contributed by atoms with van der Waals surface area (Å²) in [5.74, 6) is 0.931. The van der Waals surface area contributed by atoms with Crippen LogP contribution in [-0.4, -0.2) is 61.8 Å². The van der Waals surface area contributed by atoms with E-state index < -0.39 is 0 Å². The fourth-order valence-electron chi connectivity index (χ4n) is 3.25. The summed E-state index contributed by atoms with van der Waals surface area (Å²) in [4.78, 5) is 5.15. The van der Waals surface area contributed by atoms with Gasteiger partial charge in [-0.1, -0.05) is 27.7 Å². The molecule has 21 heavy (non-hydrogen) atoms. The minimum Gasteiger partial charge on any atom is -0.377 e. The normalized spacial score (nSPS) is 22.9. The van der Waals surface area contributed by atoms with E-state index >= 15 is 0 Å². The third-order valence-corrected chi connectivity index (χ3v) is 4.71. The van der Waals surface area contributed by atoms with Crippen molar-refractivity contribution in [1.29, 1.82) is 0 Å². The van der Waals surface area contributed by atoms with E-state index in [4.69, 9.17) is 4.74 Å². The van der Waals surface area contributed by atoms with Crippen LogP contribution >= 0.6 is 0 Å². The van der Waals surface area contributed by atoms with Gasteiger partial charge in [-0.15, -0.1) is 0 Å². The Kier molecular flexibility index (Phi) is 10.3. The van der Waals surface area contributed by atoms with Gasteiger partial charge in [-0.25, -0.2) is 0 Å². The molecule has 0 aromatic rings. The fourth-order valence-corrected chi connectivity index (χ4v) is 3.25. The minimum atomic E-state index is 0.525. The first kappa shape index (κ1) is 18.9. The van der Waals surface area contributed by atoms with Crippen LogP contribution in [0.4, 0.5) is 0 Å². The number of ether oxygens (including phenoxy) is 1. The van der Waals surface area contributed by atoms with Crippen molar-refractivity contribution in [3.05, 3.63) is 0 Å². The Labute approximate surface area is 133 Å².